The number of nitrogens with zero attached hydrogens (tertiary/aromatic N) is 1. The maximum absolute atomic E-state index is 6.54. The lowest BCUT2D eigenvalue weighted by Gasteiger charge is -2.25. The minimum Gasteiger partial charge on any atom is -0.349 e. The summed E-state index contributed by atoms with van der Waals surface area (Å²) in [5, 5.41) is 0. The molecule has 1 unspecified atom stereocenters. The van der Waals surface area contributed by atoms with Crippen molar-refractivity contribution in [2.75, 3.05) is 7.05 Å². The normalized spacial score (nSPS) is 24.1. The molecule has 3 aromatic carbocycles. The average molecular weight is 315 g/mol. The van der Waals surface area contributed by atoms with Gasteiger partial charge in [0.25, 0.3) is 0 Å². The Morgan fingerprint density at radius 1 is 0.625 bits per heavy atom. The van der Waals surface area contributed by atoms with E-state index < -0.39 is 0 Å². The lowest BCUT2D eigenvalue weighted by Crippen LogP contribution is -2.23. The Hall–Kier alpha value is -2.42. The molecule has 0 bridgehead atoms. The van der Waals surface area contributed by atoms with Crippen LogP contribution in [0.25, 0.3) is 0 Å². The number of rotatable bonds is 3. The van der Waals surface area contributed by atoms with Crippen molar-refractivity contribution in [1.29, 1.82) is 0 Å². The molecule has 0 spiro atoms. The Morgan fingerprint density at radius 2 is 1.08 bits per heavy atom. The van der Waals surface area contributed by atoms with Crippen molar-refractivity contribution in [1.82, 2.24) is 4.90 Å². The van der Waals surface area contributed by atoms with E-state index in [-0.39, 0.29) is 18.4 Å². The van der Waals surface area contributed by atoms with E-state index >= 15 is 0 Å². The van der Waals surface area contributed by atoms with Gasteiger partial charge < -0.3 is 4.74 Å². The van der Waals surface area contributed by atoms with E-state index in [2.05, 4.69) is 90.8 Å². The van der Waals surface area contributed by atoms with Gasteiger partial charge in [0.2, 0.25) is 0 Å². The van der Waals surface area contributed by atoms with Gasteiger partial charge in [-0.15, -0.1) is 0 Å². The topological polar surface area (TPSA) is 12.5 Å². The van der Waals surface area contributed by atoms with Gasteiger partial charge in [0.1, 0.15) is 12.3 Å². The summed E-state index contributed by atoms with van der Waals surface area (Å²) in [5.41, 5.74) is 3.70. The molecule has 1 aliphatic heterocycles. The number of hydrogen-bond donors (Lipinski definition) is 0. The number of likely N-dealkylation sites (N-methyl/N-ethyl adjacent to an activating group) is 1. The Balaban J connectivity index is 1.76. The fourth-order valence-electron chi connectivity index (χ4n) is 3.56. The second kappa shape index (κ2) is 6.60. The first-order valence-corrected chi connectivity index (χ1v) is 8.37. The molecular weight excluding hydrogens is 294 g/mol. The van der Waals surface area contributed by atoms with Crippen LogP contribution in [0, 0.1) is 0 Å². The average Bonchev–Trinajstić information content (AvgIpc) is 3.01. The van der Waals surface area contributed by atoms with Crippen LogP contribution in [-0.4, -0.2) is 11.9 Å². The highest BCUT2D eigenvalue weighted by molar-refractivity contribution is 5.30. The Bertz CT molecular complexity index is 773. The van der Waals surface area contributed by atoms with E-state index in [1.165, 1.54) is 16.7 Å². The molecule has 3 aromatic rings. The smallest absolute Gasteiger partial charge is 0.138 e. The van der Waals surface area contributed by atoms with E-state index in [0.29, 0.717) is 0 Å². The van der Waals surface area contributed by atoms with Crippen molar-refractivity contribution in [2.45, 2.75) is 18.4 Å². The summed E-state index contributed by atoms with van der Waals surface area (Å²) in [6.45, 7) is 0. The number of benzene rings is 3. The van der Waals surface area contributed by atoms with E-state index in [1.807, 2.05) is 12.1 Å². The van der Waals surface area contributed by atoms with Crippen LogP contribution in [0.15, 0.2) is 91.0 Å². The van der Waals surface area contributed by atoms with E-state index in [1.54, 1.807) is 0 Å². The van der Waals surface area contributed by atoms with Crippen LogP contribution >= 0.6 is 0 Å². The largest absolute Gasteiger partial charge is 0.349 e. The predicted molar refractivity (Wildman–Crippen MR) is 96.4 cm³/mol. The van der Waals surface area contributed by atoms with Gasteiger partial charge >= 0.3 is 0 Å². The van der Waals surface area contributed by atoms with Gasteiger partial charge in [-0.3, -0.25) is 4.90 Å². The second-order valence-electron chi connectivity index (χ2n) is 6.25. The molecule has 0 aliphatic carbocycles. The minimum atomic E-state index is -0.0402. The molecule has 1 saturated heterocycles. The van der Waals surface area contributed by atoms with E-state index in [9.17, 15) is 0 Å². The molecule has 3 atom stereocenters. The molecule has 1 fully saturated rings. The maximum atomic E-state index is 6.54. The fraction of sp³-hybridized carbons (Fsp3) is 0.182. The van der Waals surface area contributed by atoms with Gasteiger partial charge in [0.05, 0.1) is 6.04 Å². The first-order chi connectivity index (χ1) is 11.8. The zero-order valence-corrected chi connectivity index (χ0v) is 13.7. The number of ether oxygens (including phenoxy) is 1. The van der Waals surface area contributed by atoms with Crippen LogP contribution < -0.4 is 0 Å². The molecule has 1 heterocycles. The van der Waals surface area contributed by atoms with Crippen molar-refractivity contribution >= 4 is 0 Å². The standard InChI is InChI=1S/C22H21NO/c1-23-20(17-11-5-2-6-12-17)21(18-13-7-3-8-14-18)24-22(23)19-15-9-4-10-16-19/h2-16,20-22H,1H3/t20-,21+,22?/m1/s1. The molecule has 2 nitrogen and oxygen atoms in total. The van der Waals surface area contributed by atoms with E-state index in [4.69, 9.17) is 4.74 Å². The Kier molecular flexibility index (Phi) is 4.16. The van der Waals surface area contributed by atoms with Crippen LogP contribution in [0.3, 0.4) is 0 Å². The van der Waals surface area contributed by atoms with Gasteiger partial charge in [-0.2, -0.15) is 0 Å². The van der Waals surface area contributed by atoms with Crippen LogP contribution in [0.5, 0.6) is 0 Å². The first-order valence-electron chi connectivity index (χ1n) is 8.37. The summed E-state index contributed by atoms with van der Waals surface area (Å²) in [6.07, 6.45) is -0.0228. The second-order valence-corrected chi connectivity index (χ2v) is 6.25. The predicted octanol–water partition coefficient (Wildman–Crippen LogP) is 5.13. The van der Waals surface area contributed by atoms with E-state index in [0.717, 1.165) is 0 Å². The molecule has 0 amide bonds. The SMILES string of the molecule is CN1C(c2ccccc2)O[C@@H](c2ccccc2)[C@H]1c1ccccc1. The highest BCUT2D eigenvalue weighted by Crippen LogP contribution is 2.49. The Morgan fingerprint density at radius 3 is 1.62 bits per heavy atom. The maximum Gasteiger partial charge on any atom is 0.138 e. The highest BCUT2D eigenvalue weighted by Gasteiger charge is 2.42. The van der Waals surface area contributed by atoms with Crippen LogP contribution in [0.4, 0.5) is 0 Å². The summed E-state index contributed by atoms with van der Waals surface area (Å²) in [5.74, 6) is 0. The summed E-state index contributed by atoms with van der Waals surface area (Å²) in [6, 6.07) is 31.8. The van der Waals surface area contributed by atoms with Gasteiger partial charge in [0.15, 0.2) is 0 Å². The molecule has 120 valence electrons. The molecule has 2 heteroatoms. The third-order valence-corrected chi connectivity index (χ3v) is 4.72. The van der Waals surface area contributed by atoms with Crippen LogP contribution in [0.1, 0.15) is 35.1 Å². The highest BCUT2D eigenvalue weighted by atomic mass is 16.5. The quantitative estimate of drug-likeness (QED) is 0.664. The molecule has 24 heavy (non-hydrogen) atoms. The zero-order valence-electron chi connectivity index (χ0n) is 13.7. The summed E-state index contributed by atoms with van der Waals surface area (Å²) in [4.78, 5) is 2.34. The number of hydrogen-bond acceptors (Lipinski definition) is 2. The molecule has 0 N–H and O–H groups in total. The van der Waals surface area contributed by atoms with Crippen molar-refractivity contribution in [3.63, 3.8) is 0 Å². The molecule has 1 aliphatic rings. The lowest BCUT2D eigenvalue weighted by molar-refractivity contribution is 0.00560. The summed E-state index contributed by atoms with van der Waals surface area (Å²) < 4.78 is 6.54. The van der Waals surface area contributed by atoms with Gasteiger partial charge in [-0.1, -0.05) is 91.0 Å². The molecule has 0 saturated carbocycles. The zero-order chi connectivity index (χ0) is 16.4. The minimum absolute atomic E-state index is 0.0174. The molecule has 0 radical (unpaired) electrons. The monoisotopic (exact) mass is 315 g/mol. The molecule has 0 aromatic heterocycles. The van der Waals surface area contributed by atoms with Crippen molar-refractivity contribution in [3.05, 3.63) is 108 Å². The lowest BCUT2D eigenvalue weighted by atomic mass is 9.95. The van der Waals surface area contributed by atoms with Crippen molar-refractivity contribution in [2.24, 2.45) is 0 Å². The van der Waals surface area contributed by atoms with Gasteiger partial charge in [0, 0.05) is 0 Å². The first kappa shape index (κ1) is 15.1. The van der Waals surface area contributed by atoms with Crippen LogP contribution in [-0.2, 0) is 4.74 Å². The van der Waals surface area contributed by atoms with Gasteiger partial charge in [-0.05, 0) is 23.7 Å². The van der Waals surface area contributed by atoms with Crippen molar-refractivity contribution in [3.8, 4) is 0 Å². The molecule has 4 rings (SSSR count). The fourth-order valence-corrected chi connectivity index (χ4v) is 3.56. The van der Waals surface area contributed by atoms with Gasteiger partial charge in [-0.25, -0.2) is 0 Å². The third-order valence-electron chi connectivity index (χ3n) is 4.72. The third kappa shape index (κ3) is 2.75. The molecular formula is C22H21NO. The summed E-state index contributed by atoms with van der Waals surface area (Å²) in [7, 11) is 2.15. The summed E-state index contributed by atoms with van der Waals surface area (Å²) >= 11 is 0. The Labute approximate surface area is 143 Å². The van der Waals surface area contributed by atoms with Crippen LogP contribution in [0.2, 0.25) is 0 Å². The van der Waals surface area contributed by atoms with Crippen molar-refractivity contribution < 1.29 is 4.74 Å².